The van der Waals surface area contributed by atoms with Gasteiger partial charge in [0.15, 0.2) is 0 Å². The lowest BCUT2D eigenvalue weighted by Crippen LogP contribution is -2.15. The van der Waals surface area contributed by atoms with E-state index < -0.39 is 0 Å². The van der Waals surface area contributed by atoms with E-state index in [4.69, 9.17) is 4.74 Å². The summed E-state index contributed by atoms with van der Waals surface area (Å²) in [4.78, 5) is 11.9. The Morgan fingerprint density at radius 2 is 2.06 bits per heavy atom. The minimum absolute atomic E-state index is 0.000839. The molecule has 16 heavy (non-hydrogen) atoms. The van der Waals surface area contributed by atoms with Gasteiger partial charge >= 0.3 is 5.97 Å². The second-order valence-corrected chi connectivity index (χ2v) is 5.99. The van der Waals surface area contributed by atoms with E-state index in [1.807, 2.05) is 13.8 Å². The highest BCUT2D eigenvalue weighted by molar-refractivity contribution is 5.78. The number of carbonyl (C=O) groups is 1. The summed E-state index contributed by atoms with van der Waals surface area (Å²) in [7, 11) is 0. The van der Waals surface area contributed by atoms with Crippen LogP contribution in [-0.4, -0.2) is 12.1 Å². The van der Waals surface area contributed by atoms with Gasteiger partial charge in [0, 0.05) is 0 Å². The molecule has 0 aromatic carbocycles. The number of rotatable bonds is 3. The summed E-state index contributed by atoms with van der Waals surface area (Å²) in [6.07, 6.45) is 6.12. The molecule has 2 saturated carbocycles. The molecular weight excluding hydrogens is 200 g/mol. The number of ether oxygens (including phenoxy) is 1. The fourth-order valence-electron chi connectivity index (χ4n) is 2.55. The van der Waals surface area contributed by atoms with Crippen LogP contribution in [0.1, 0.15) is 47.0 Å². The molecule has 2 aliphatic carbocycles. The van der Waals surface area contributed by atoms with Crippen LogP contribution in [0.25, 0.3) is 0 Å². The van der Waals surface area contributed by atoms with Gasteiger partial charge in [-0.05, 0) is 44.4 Å². The van der Waals surface area contributed by atoms with Crippen molar-refractivity contribution < 1.29 is 9.53 Å². The molecule has 0 spiro atoms. The molecule has 2 rings (SSSR count). The maximum absolute atomic E-state index is 11.9. The van der Waals surface area contributed by atoms with Crippen LogP contribution >= 0.6 is 0 Å². The minimum Gasteiger partial charge on any atom is -0.463 e. The molecule has 2 atom stereocenters. The zero-order chi connectivity index (χ0) is 11.9. The van der Waals surface area contributed by atoms with Crippen molar-refractivity contribution in [1.29, 1.82) is 0 Å². The largest absolute Gasteiger partial charge is 0.463 e. The van der Waals surface area contributed by atoms with E-state index in [1.165, 1.54) is 24.8 Å². The average molecular weight is 222 g/mol. The van der Waals surface area contributed by atoms with Gasteiger partial charge in [-0.1, -0.05) is 25.5 Å². The van der Waals surface area contributed by atoms with Gasteiger partial charge in [0.2, 0.25) is 0 Å². The van der Waals surface area contributed by atoms with Gasteiger partial charge in [-0.2, -0.15) is 0 Å². The Balaban J connectivity index is 1.98. The van der Waals surface area contributed by atoms with E-state index in [-0.39, 0.29) is 23.4 Å². The highest BCUT2D eigenvalue weighted by Crippen LogP contribution is 2.60. The highest BCUT2D eigenvalue weighted by atomic mass is 16.5. The normalized spacial score (nSPS) is 30.9. The molecule has 0 radical (unpaired) electrons. The van der Waals surface area contributed by atoms with Crippen LogP contribution in [0.5, 0.6) is 0 Å². The maximum atomic E-state index is 11.9. The Morgan fingerprint density at radius 3 is 2.50 bits per heavy atom. The summed E-state index contributed by atoms with van der Waals surface area (Å²) >= 11 is 0. The van der Waals surface area contributed by atoms with E-state index in [9.17, 15) is 4.79 Å². The fourth-order valence-corrected chi connectivity index (χ4v) is 2.55. The molecule has 0 unspecified atom stereocenters. The Bertz CT molecular complexity index is 320. The topological polar surface area (TPSA) is 26.3 Å². The Labute approximate surface area is 98.1 Å². The molecule has 0 heterocycles. The first-order valence-corrected chi connectivity index (χ1v) is 6.33. The van der Waals surface area contributed by atoms with Crippen LogP contribution in [0.4, 0.5) is 0 Å². The zero-order valence-electron chi connectivity index (χ0n) is 10.7. The molecule has 0 aromatic heterocycles. The minimum atomic E-state index is -0.0128. The van der Waals surface area contributed by atoms with Crippen LogP contribution in [0.2, 0.25) is 0 Å². The van der Waals surface area contributed by atoms with Crippen LogP contribution in [0.3, 0.4) is 0 Å². The molecule has 90 valence electrons. The van der Waals surface area contributed by atoms with Crippen LogP contribution in [-0.2, 0) is 9.53 Å². The Hall–Kier alpha value is -0.790. The van der Waals surface area contributed by atoms with Gasteiger partial charge in [0.05, 0.1) is 12.0 Å². The van der Waals surface area contributed by atoms with Crippen molar-refractivity contribution >= 4 is 5.97 Å². The van der Waals surface area contributed by atoms with Crippen molar-refractivity contribution in [2.24, 2.45) is 17.3 Å². The van der Waals surface area contributed by atoms with Gasteiger partial charge in [0.1, 0.15) is 0 Å². The summed E-state index contributed by atoms with van der Waals surface area (Å²) in [6.45, 7) is 8.15. The smallest absolute Gasteiger partial charge is 0.310 e. The molecule has 0 aliphatic heterocycles. The quantitative estimate of drug-likeness (QED) is 0.541. The lowest BCUT2D eigenvalue weighted by atomic mass is 9.90. The molecule has 2 fully saturated rings. The van der Waals surface area contributed by atoms with E-state index in [0.717, 1.165) is 0 Å². The number of hydrogen-bond acceptors (Lipinski definition) is 2. The molecule has 0 N–H and O–H groups in total. The van der Waals surface area contributed by atoms with Crippen molar-refractivity contribution in [3.63, 3.8) is 0 Å². The molecule has 2 aliphatic rings. The van der Waals surface area contributed by atoms with Gasteiger partial charge in [0.25, 0.3) is 0 Å². The molecule has 2 heteroatoms. The summed E-state index contributed by atoms with van der Waals surface area (Å²) < 4.78 is 5.31. The first-order chi connectivity index (χ1) is 7.43. The average Bonchev–Trinajstić information content (AvgIpc) is 2.59. The van der Waals surface area contributed by atoms with E-state index in [0.29, 0.717) is 5.92 Å². The summed E-state index contributed by atoms with van der Waals surface area (Å²) in [5.74, 6) is 0.484. The first-order valence-electron chi connectivity index (χ1n) is 6.33. The van der Waals surface area contributed by atoms with Crippen molar-refractivity contribution in [2.75, 3.05) is 0 Å². The first kappa shape index (κ1) is 11.7. The molecule has 0 bridgehead atoms. The van der Waals surface area contributed by atoms with Gasteiger partial charge in [-0.25, -0.2) is 0 Å². The van der Waals surface area contributed by atoms with Crippen LogP contribution in [0, 0.1) is 17.3 Å². The van der Waals surface area contributed by atoms with Crippen molar-refractivity contribution in [2.45, 2.75) is 53.1 Å². The Kier molecular flexibility index (Phi) is 2.85. The van der Waals surface area contributed by atoms with E-state index in [2.05, 4.69) is 19.9 Å². The van der Waals surface area contributed by atoms with Crippen molar-refractivity contribution in [3.8, 4) is 0 Å². The fraction of sp³-hybridized carbons (Fsp3) is 0.786. The highest BCUT2D eigenvalue weighted by Gasteiger charge is 2.61. The number of esters is 1. The molecule has 2 nitrogen and oxygen atoms in total. The third kappa shape index (κ3) is 2.02. The van der Waals surface area contributed by atoms with E-state index in [1.54, 1.807) is 0 Å². The maximum Gasteiger partial charge on any atom is 0.310 e. The monoisotopic (exact) mass is 222 g/mol. The lowest BCUT2D eigenvalue weighted by molar-refractivity contribution is -0.150. The second-order valence-electron chi connectivity index (χ2n) is 5.99. The van der Waals surface area contributed by atoms with Crippen molar-refractivity contribution in [1.82, 2.24) is 0 Å². The Morgan fingerprint density at radius 1 is 1.44 bits per heavy atom. The molecule has 0 amide bonds. The number of carbonyl (C=O) groups excluding carboxylic acids is 1. The van der Waals surface area contributed by atoms with Crippen LogP contribution < -0.4 is 0 Å². The predicted molar refractivity (Wildman–Crippen MR) is 63.9 cm³/mol. The van der Waals surface area contributed by atoms with Crippen LogP contribution in [0.15, 0.2) is 11.6 Å². The SMILES string of the molecule is CC(C)OC(=O)[C@@H]1[C@@H](C=C2CCC2)C1(C)C. The van der Waals surface area contributed by atoms with Gasteiger partial charge in [-0.15, -0.1) is 0 Å². The van der Waals surface area contributed by atoms with Gasteiger partial charge in [-0.3, -0.25) is 4.79 Å². The standard InChI is InChI=1S/C14H22O2/c1-9(2)16-13(15)12-11(14(12,3)4)8-10-6-5-7-10/h8-9,11-12H,5-7H2,1-4H3/t11-,12+/m1/s1. The lowest BCUT2D eigenvalue weighted by Gasteiger charge is -2.16. The van der Waals surface area contributed by atoms with Gasteiger partial charge < -0.3 is 4.74 Å². The second kappa shape index (κ2) is 3.90. The number of hydrogen-bond donors (Lipinski definition) is 0. The molecular formula is C14H22O2. The third-order valence-corrected chi connectivity index (χ3v) is 3.93. The predicted octanol–water partition coefficient (Wildman–Crippen LogP) is 3.32. The molecule has 0 saturated heterocycles. The summed E-state index contributed by atoms with van der Waals surface area (Å²) in [6, 6.07) is 0. The third-order valence-electron chi connectivity index (χ3n) is 3.93. The van der Waals surface area contributed by atoms with E-state index >= 15 is 0 Å². The summed E-state index contributed by atoms with van der Waals surface area (Å²) in [5, 5.41) is 0. The number of allylic oxidation sites excluding steroid dienone is 2. The van der Waals surface area contributed by atoms with Crippen molar-refractivity contribution in [3.05, 3.63) is 11.6 Å². The molecule has 0 aromatic rings. The summed E-state index contributed by atoms with van der Waals surface area (Å²) in [5.41, 5.74) is 1.65. The zero-order valence-corrected chi connectivity index (χ0v) is 10.7.